The third-order valence-electron chi connectivity index (χ3n) is 3.04. The second kappa shape index (κ2) is 6.46. The summed E-state index contributed by atoms with van der Waals surface area (Å²) < 4.78 is 37.0. The molecule has 0 amide bonds. The molecule has 1 radical (unpaired) electrons. The number of phenols is 1. The van der Waals surface area contributed by atoms with Gasteiger partial charge in [0.05, 0.1) is 7.11 Å². The van der Waals surface area contributed by atoms with E-state index in [0.29, 0.717) is 11.0 Å². The minimum absolute atomic E-state index is 0. The summed E-state index contributed by atoms with van der Waals surface area (Å²) in [6.45, 7) is 0. The van der Waals surface area contributed by atoms with E-state index in [-0.39, 0.29) is 46.7 Å². The van der Waals surface area contributed by atoms with Gasteiger partial charge in [-0.05, 0) is 18.2 Å². The second-order valence-electron chi connectivity index (χ2n) is 4.45. The summed E-state index contributed by atoms with van der Waals surface area (Å²) in [6.07, 6.45) is 0. The molecule has 0 fully saturated rings. The van der Waals surface area contributed by atoms with Crippen LogP contribution in [0.5, 0.6) is 11.5 Å². The molecule has 0 saturated carbocycles. The smallest absolute Gasteiger partial charge is 0.298 e. The Labute approximate surface area is 153 Å². The monoisotopic (exact) mass is 344 g/mol. The predicted molar refractivity (Wildman–Crippen MR) is 82.7 cm³/mol. The van der Waals surface area contributed by atoms with Crippen LogP contribution in [0.1, 0.15) is 0 Å². The summed E-state index contributed by atoms with van der Waals surface area (Å²) in [5.74, 6) is -0.468. The molecule has 0 aliphatic heterocycles. The number of phenolic OH excluding ortho intramolecular Hbond substituents is 1. The topological polar surface area (TPSA) is 115 Å². The van der Waals surface area contributed by atoms with Gasteiger partial charge in [0.1, 0.15) is 33.1 Å². The van der Waals surface area contributed by atoms with E-state index in [4.69, 9.17) is 4.74 Å². The van der Waals surface area contributed by atoms with E-state index in [1.165, 1.54) is 7.11 Å². The quantitative estimate of drug-likeness (QED) is 0.538. The van der Waals surface area contributed by atoms with E-state index >= 15 is 0 Å². The summed E-state index contributed by atoms with van der Waals surface area (Å²) >= 11 is 0. The fourth-order valence-corrected chi connectivity index (χ4v) is 2.68. The molecule has 0 aliphatic rings. The standard InChI is InChI=1S/C13H11N3O5S.Na/c1-21-12-7-11(17)10(6-13(12)22(18,19)20)16-14-8-4-2-3-5-9(8)15-16;/h2-7,17H,1H3,(H,18,19,20);. The van der Waals surface area contributed by atoms with Crippen LogP contribution in [-0.4, -0.2) is 69.7 Å². The van der Waals surface area contributed by atoms with Crippen LogP contribution in [0.2, 0.25) is 0 Å². The first-order chi connectivity index (χ1) is 10.4. The van der Waals surface area contributed by atoms with E-state index in [9.17, 15) is 18.1 Å². The fourth-order valence-electron chi connectivity index (χ4n) is 2.03. The van der Waals surface area contributed by atoms with Gasteiger partial charge in [0, 0.05) is 35.6 Å². The van der Waals surface area contributed by atoms with Crippen molar-refractivity contribution in [3.05, 3.63) is 36.4 Å². The van der Waals surface area contributed by atoms with E-state index in [1.807, 2.05) is 0 Å². The van der Waals surface area contributed by atoms with Gasteiger partial charge in [-0.2, -0.15) is 8.42 Å². The molecule has 2 N–H and O–H groups in total. The number of fused-ring (bicyclic) bond motifs is 1. The normalized spacial score (nSPS) is 11.2. The van der Waals surface area contributed by atoms with Gasteiger partial charge in [0.15, 0.2) is 0 Å². The van der Waals surface area contributed by atoms with Crippen molar-refractivity contribution in [3.8, 4) is 17.2 Å². The molecule has 0 saturated heterocycles. The van der Waals surface area contributed by atoms with E-state index in [2.05, 4.69) is 10.2 Å². The van der Waals surface area contributed by atoms with Crippen LogP contribution < -0.4 is 4.74 Å². The Hall–Kier alpha value is -1.65. The number of aromatic nitrogens is 3. The molecule has 1 heterocycles. The zero-order chi connectivity index (χ0) is 15.9. The van der Waals surface area contributed by atoms with Crippen LogP contribution in [0.4, 0.5) is 0 Å². The molecule has 23 heavy (non-hydrogen) atoms. The Bertz CT molecular complexity index is 938. The van der Waals surface area contributed by atoms with E-state index in [0.717, 1.165) is 16.9 Å². The third-order valence-corrected chi connectivity index (χ3v) is 3.92. The minimum Gasteiger partial charge on any atom is -0.505 e. The van der Waals surface area contributed by atoms with Crippen molar-refractivity contribution in [3.63, 3.8) is 0 Å². The molecular formula is C13H11N3NaO5S. The van der Waals surface area contributed by atoms with Gasteiger partial charge in [-0.1, -0.05) is 12.1 Å². The van der Waals surface area contributed by atoms with Gasteiger partial charge in [0.25, 0.3) is 10.1 Å². The molecule has 10 heteroatoms. The Morgan fingerprint density at radius 2 is 1.70 bits per heavy atom. The Morgan fingerprint density at radius 1 is 1.13 bits per heavy atom. The first kappa shape index (κ1) is 17.7. The van der Waals surface area contributed by atoms with Crippen LogP contribution in [0.15, 0.2) is 41.3 Å². The third kappa shape index (κ3) is 3.33. The Kier molecular flexibility index (Phi) is 4.97. The predicted octanol–water partition coefficient (Wildman–Crippen LogP) is 1.00. The molecule has 1 aromatic heterocycles. The molecule has 3 rings (SSSR count). The van der Waals surface area contributed by atoms with Gasteiger partial charge < -0.3 is 9.84 Å². The molecular weight excluding hydrogens is 333 g/mol. The summed E-state index contributed by atoms with van der Waals surface area (Å²) in [5, 5.41) is 18.3. The average Bonchev–Trinajstić information content (AvgIpc) is 2.89. The van der Waals surface area contributed by atoms with Crippen LogP contribution >= 0.6 is 0 Å². The van der Waals surface area contributed by atoms with Crippen LogP contribution in [0, 0.1) is 0 Å². The number of ether oxygens (including phenoxy) is 1. The van der Waals surface area contributed by atoms with Gasteiger partial charge in [-0.25, -0.2) is 0 Å². The number of hydrogen-bond donors (Lipinski definition) is 2. The van der Waals surface area contributed by atoms with Crippen LogP contribution in [0.3, 0.4) is 0 Å². The van der Waals surface area contributed by atoms with E-state index in [1.54, 1.807) is 24.3 Å². The Morgan fingerprint density at radius 3 is 2.17 bits per heavy atom. The molecule has 0 unspecified atom stereocenters. The van der Waals surface area contributed by atoms with Crippen molar-refractivity contribution < 1.29 is 22.8 Å². The Balaban J connectivity index is 0.00000192. The molecule has 8 nitrogen and oxygen atoms in total. The summed E-state index contributed by atoms with van der Waals surface area (Å²) in [6, 6.07) is 9.12. The second-order valence-corrected chi connectivity index (χ2v) is 5.83. The van der Waals surface area contributed by atoms with Crippen molar-refractivity contribution in [2.24, 2.45) is 0 Å². The molecule has 0 bridgehead atoms. The number of aromatic hydroxyl groups is 1. The maximum absolute atomic E-state index is 11.4. The van der Waals surface area contributed by atoms with Crippen LogP contribution in [-0.2, 0) is 10.1 Å². The molecule has 0 atom stereocenters. The number of methoxy groups -OCH3 is 1. The van der Waals surface area contributed by atoms with Crippen molar-refractivity contribution in [2.45, 2.75) is 4.90 Å². The number of nitrogens with zero attached hydrogens (tertiary/aromatic N) is 3. The van der Waals surface area contributed by atoms with Gasteiger partial charge in [-0.3, -0.25) is 4.55 Å². The SMILES string of the molecule is COc1cc(O)c(-n2nc3ccccc3n2)cc1S(=O)(=O)O.[Na]. The number of rotatable bonds is 3. The van der Waals surface area contributed by atoms with Gasteiger partial charge in [0.2, 0.25) is 0 Å². The molecule has 3 aromatic rings. The largest absolute Gasteiger partial charge is 0.505 e. The summed E-state index contributed by atoms with van der Waals surface area (Å²) in [7, 11) is -3.30. The summed E-state index contributed by atoms with van der Waals surface area (Å²) in [4.78, 5) is 0.609. The molecule has 2 aromatic carbocycles. The van der Waals surface area contributed by atoms with Crippen molar-refractivity contribution in [1.29, 1.82) is 0 Å². The first-order valence-corrected chi connectivity index (χ1v) is 7.55. The molecule has 0 aliphatic carbocycles. The van der Waals surface area contributed by atoms with Gasteiger partial charge >= 0.3 is 0 Å². The van der Waals surface area contributed by atoms with Crippen molar-refractivity contribution >= 4 is 50.7 Å². The average molecular weight is 344 g/mol. The number of hydrogen-bond acceptors (Lipinski definition) is 6. The zero-order valence-electron chi connectivity index (χ0n) is 12.3. The molecule has 115 valence electrons. The van der Waals surface area contributed by atoms with Crippen molar-refractivity contribution in [2.75, 3.05) is 7.11 Å². The minimum atomic E-state index is -4.53. The maximum Gasteiger partial charge on any atom is 0.298 e. The fraction of sp³-hybridized carbons (Fsp3) is 0.0769. The summed E-state index contributed by atoms with van der Waals surface area (Å²) in [5.41, 5.74) is 1.15. The van der Waals surface area contributed by atoms with Crippen LogP contribution in [0.25, 0.3) is 16.7 Å². The number of benzene rings is 2. The molecule has 0 spiro atoms. The van der Waals surface area contributed by atoms with E-state index < -0.39 is 15.0 Å². The maximum atomic E-state index is 11.4. The van der Waals surface area contributed by atoms with Crippen molar-refractivity contribution in [1.82, 2.24) is 15.0 Å². The zero-order valence-corrected chi connectivity index (χ0v) is 15.1. The van der Waals surface area contributed by atoms with Gasteiger partial charge in [-0.15, -0.1) is 15.0 Å². The first-order valence-electron chi connectivity index (χ1n) is 6.11.